The minimum atomic E-state index is -1.01. The number of para-hydroxylation sites is 1. The minimum absolute atomic E-state index is 0.0178. The number of primary amides is 1. The molecule has 10 heteroatoms. The first kappa shape index (κ1) is 20.4. The molecule has 5 rings (SSSR count). The van der Waals surface area contributed by atoms with Gasteiger partial charge in [0.1, 0.15) is 12.1 Å². The molecule has 2 aliphatic rings. The Labute approximate surface area is 187 Å². The van der Waals surface area contributed by atoms with Crippen LogP contribution >= 0.6 is 11.6 Å². The van der Waals surface area contributed by atoms with E-state index in [4.69, 9.17) is 17.3 Å². The van der Waals surface area contributed by atoms with E-state index in [-0.39, 0.29) is 34.8 Å². The second kappa shape index (κ2) is 7.30. The van der Waals surface area contributed by atoms with E-state index in [0.717, 1.165) is 0 Å². The summed E-state index contributed by atoms with van der Waals surface area (Å²) in [5.41, 5.74) is 5.08. The maximum absolute atomic E-state index is 14.3. The van der Waals surface area contributed by atoms with Crippen LogP contribution in [0.3, 0.4) is 0 Å². The van der Waals surface area contributed by atoms with E-state index in [1.54, 1.807) is 30.3 Å². The van der Waals surface area contributed by atoms with E-state index in [0.29, 0.717) is 30.3 Å². The fourth-order valence-electron chi connectivity index (χ4n) is 4.69. The lowest BCUT2D eigenvalue weighted by atomic mass is 10.1. The molecule has 1 aliphatic heterocycles. The summed E-state index contributed by atoms with van der Waals surface area (Å²) in [6.45, 7) is 0.262. The van der Waals surface area contributed by atoms with Crippen molar-refractivity contribution in [3.05, 3.63) is 59.0 Å². The van der Waals surface area contributed by atoms with Crippen molar-refractivity contribution in [2.24, 2.45) is 11.7 Å². The summed E-state index contributed by atoms with van der Waals surface area (Å²) in [7, 11) is 0. The molecule has 0 radical (unpaired) electrons. The standard InChI is InChI=1S/C22H19ClFN5O3/c23-14-5-3-6-15(18(14)24)26-21(32)22-10-12(22)8-9-28(22)17(30)11-29-16-7-2-1-4-13(16)19(27-29)20(25)31/h1-7,12H,8-11H2,(H2,25,31)(H,26,32). The second-order valence-corrected chi connectivity index (χ2v) is 8.51. The van der Waals surface area contributed by atoms with Crippen molar-refractivity contribution in [1.82, 2.24) is 14.7 Å². The topological polar surface area (TPSA) is 110 Å². The van der Waals surface area contributed by atoms with Crippen molar-refractivity contribution in [3.8, 4) is 0 Å². The molecule has 2 unspecified atom stereocenters. The third-order valence-corrected chi connectivity index (χ3v) is 6.62. The highest BCUT2D eigenvalue weighted by Crippen LogP contribution is 2.56. The SMILES string of the molecule is NC(=O)c1nn(CC(=O)N2CCC3CC32C(=O)Nc2cccc(Cl)c2F)c2ccccc12. The number of carbonyl (C=O) groups is 3. The zero-order chi connectivity index (χ0) is 22.6. The molecule has 2 fully saturated rings. The first-order valence-electron chi connectivity index (χ1n) is 10.1. The fourth-order valence-corrected chi connectivity index (χ4v) is 4.87. The van der Waals surface area contributed by atoms with Crippen molar-refractivity contribution in [2.75, 3.05) is 11.9 Å². The number of hydrogen-bond donors (Lipinski definition) is 2. The quantitative estimate of drug-likeness (QED) is 0.616. The maximum atomic E-state index is 14.3. The van der Waals surface area contributed by atoms with Gasteiger partial charge < -0.3 is 16.0 Å². The third-order valence-electron chi connectivity index (χ3n) is 6.33. The van der Waals surface area contributed by atoms with Gasteiger partial charge in [0.25, 0.3) is 11.8 Å². The van der Waals surface area contributed by atoms with Crippen LogP contribution in [0.15, 0.2) is 42.5 Å². The molecular weight excluding hydrogens is 437 g/mol. The van der Waals surface area contributed by atoms with Crippen LogP contribution < -0.4 is 11.1 Å². The van der Waals surface area contributed by atoms with Crippen molar-refractivity contribution >= 4 is 45.9 Å². The predicted octanol–water partition coefficient (Wildman–Crippen LogP) is 2.56. The Bertz CT molecular complexity index is 1290. The summed E-state index contributed by atoms with van der Waals surface area (Å²) < 4.78 is 15.7. The Morgan fingerprint density at radius 3 is 2.75 bits per heavy atom. The van der Waals surface area contributed by atoms with Gasteiger partial charge in [-0.05, 0) is 37.0 Å². The molecule has 3 N–H and O–H groups in total. The molecule has 1 saturated carbocycles. The number of rotatable bonds is 5. The molecule has 1 aromatic heterocycles. The zero-order valence-corrected chi connectivity index (χ0v) is 17.6. The number of nitrogens with one attached hydrogen (secondary N) is 1. The minimum Gasteiger partial charge on any atom is -0.364 e. The van der Waals surface area contributed by atoms with Crippen LogP contribution in [0, 0.1) is 11.7 Å². The fraction of sp³-hybridized carbons (Fsp3) is 0.273. The van der Waals surface area contributed by atoms with Crippen molar-refractivity contribution in [3.63, 3.8) is 0 Å². The van der Waals surface area contributed by atoms with Crippen LogP contribution in [-0.4, -0.2) is 44.5 Å². The van der Waals surface area contributed by atoms with Gasteiger partial charge >= 0.3 is 0 Å². The molecule has 8 nitrogen and oxygen atoms in total. The molecule has 2 heterocycles. The van der Waals surface area contributed by atoms with Gasteiger partial charge in [-0.3, -0.25) is 19.1 Å². The van der Waals surface area contributed by atoms with E-state index in [1.807, 2.05) is 0 Å². The monoisotopic (exact) mass is 455 g/mol. The number of nitrogens with two attached hydrogens (primary N) is 1. The molecular formula is C22H19ClFN5O3. The van der Waals surface area contributed by atoms with Gasteiger partial charge in [-0.2, -0.15) is 5.10 Å². The van der Waals surface area contributed by atoms with Crippen LogP contribution in [-0.2, 0) is 16.1 Å². The molecule has 1 aliphatic carbocycles. The number of anilines is 1. The first-order chi connectivity index (χ1) is 15.3. The maximum Gasteiger partial charge on any atom is 0.269 e. The van der Waals surface area contributed by atoms with Crippen molar-refractivity contribution in [2.45, 2.75) is 24.9 Å². The number of amides is 3. The smallest absolute Gasteiger partial charge is 0.269 e. The van der Waals surface area contributed by atoms with Gasteiger partial charge in [0.15, 0.2) is 11.5 Å². The lowest BCUT2D eigenvalue weighted by molar-refractivity contribution is -0.139. The van der Waals surface area contributed by atoms with Gasteiger partial charge in [-0.15, -0.1) is 0 Å². The zero-order valence-electron chi connectivity index (χ0n) is 16.8. The van der Waals surface area contributed by atoms with E-state index < -0.39 is 23.2 Å². The Hall–Kier alpha value is -3.46. The second-order valence-electron chi connectivity index (χ2n) is 8.10. The average molecular weight is 456 g/mol. The van der Waals surface area contributed by atoms with E-state index in [2.05, 4.69) is 10.4 Å². The number of benzene rings is 2. The summed E-state index contributed by atoms with van der Waals surface area (Å²) >= 11 is 5.81. The Balaban J connectivity index is 1.40. The number of aromatic nitrogens is 2. The molecule has 3 amide bonds. The third kappa shape index (κ3) is 3.03. The normalized spacial score (nSPS) is 21.4. The van der Waals surface area contributed by atoms with Crippen molar-refractivity contribution < 1.29 is 18.8 Å². The number of hydrogen-bond acceptors (Lipinski definition) is 4. The molecule has 32 heavy (non-hydrogen) atoms. The Kier molecular flexibility index (Phi) is 4.67. The van der Waals surface area contributed by atoms with Gasteiger partial charge in [0.2, 0.25) is 5.91 Å². The summed E-state index contributed by atoms with van der Waals surface area (Å²) in [6.07, 6.45) is 1.20. The molecule has 3 aromatic rings. The number of fused-ring (bicyclic) bond motifs is 2. The van der Waals surface area contributed by atoms with Crippen LogP contribution in [0.25, 0.3) is 10.9 Å². The number of likely N-dealkylation sites (tertiary alicyclic amines) is 1. The number of nitrogens with zero attached hydrogens (tertiary/aromatic N) is 3. The van der Waals surface area contributed by atoms with Crippen LogP contribution in [0.1, 0.15) is 23.3 Å². The summed E-state index contributed by atoms with van der Waals surface area (Å²) in [4.78, 5) is 39.6. The summed E-state index contributed by atoms with van der Waals surface area (Å²) in [5, 5.41) is 7.29. The van der Waals surface area contributed by atoms with E-state index >= 15 is 0 Å². The van der Waals surface area contributed by atoms with Crippen molar-refractivity contribution in [1.29, 1.82) is 0 Å². The predicted molar refractivity (Wildman–Crippen MR) is 115 cm³/mol. The van der Waals surface area contributed by atoms with Crippen LogP contribution in [0.2, 0.25) is 5.02 Å². The summed E-state index contributed by atoms with van der Waals surface area (Å²) in [5.74, 6) is -2.12. The Morgan fingerprint density at radius 2 is 2.00 bits per heavy atom. The van der Waals surface area contributed by atoms with E-state index in [9.17, 15) is 18.8 Å². The molecule has 2 atom stereocenters. The van der Waals surface area contributed by atoms with Gasteiger partial charge in [0, 0.05) is 11.9 Å². The lowest BCUT2D eigenvalue weighted by Crippen LogP contribution is -2.49. The van der Waals surface area contributed by atoms with Gasteiger partial charge in [0.05, 0.1) is 16.2 Å². The first-order valence-corrected chi connectivity index (χ1v) is 10.5. The molecule has 2 aromatic carbocycles. The Morgan fingerprint density at radius 1 is 1.22 bits per heavy atom. The molecule has 1 saturated heterocycles. The van der Waals surface area contributed by atoms with Crippen LogP contribution in [0.4, 0.5) is 10.1 Å². The number of halogens is 2. The van der Waals surface area contributed by atoms with Gasteiger partial charge in [-0.1, -0.05) is 35.9 Å². The molecule has 0 spiro atoms. The number of piperidine rings is 1. The highest BCUT2D eigenvalue weighted by molar-refractivity contribution is 6.31. The lowest BCUT2D eigenvalue weighted by Gasteiger charge is -2.28. The largest absolute Gasteiger partial charge is 0.364 e. The summed E-state index contributed by atoms with van der Waals surface area (Å²) in [6, 6.07) is 11.4. The average Bonchev–Trinajstić information content (AvgIpc) is 3.20. The molecule has 0 bridgehead atoms. The molecule has 164 valence electrons. The highest BCUT2D eigenvalue weighted by atomic mass is 35.5. The number of carbonyl (C=O) groups excluding carboxylic acids is 3. The highest BCUT2D eigenvalue weighted by Gasteiger charge is 2.68. The van der Waals surface area contributed by atoms with Gasteiger partial charge in [-0.25, -0.2) is 4.39 Å². The van der Waals surface area contributed by atoms with Crippen LogP contribution in [0.5, 0.6) is 0 Å². The van der Waals surface area contributed by atoms with E-state index in [1.165, 1.54) is 21.7 Å².